The summed E-state index contributed by atoms with van der Waals surface area (Å²) in [4.78, 5) is 24.6. The van der Waals surface area contributed by atoms with Crippen LogP contribution in [0, 0.1) is 0 Å². The van der Waals surface area contributed by atoms with Gasteiger partial charge in [-0.15, -0.1) is 0 Å². The molecule has 6 heteroatoms. The highest BCUT2D eigenvalue weighted by Gasteiger charge is 2.28. The van der Waals surface area contributed by atoms with Crippen LogP contribution in [-0.2, 0) is 27.4 Å². The molecule has 6 nitrogen and oxygen atoms in total. The topological polar surface area (TPSA) is 87.1 Å². The molecule has 1 aliphatic heterocycles. The Labute approximate surface area is 173 Å². The van der Waals surface area contributed by atoms with Crippen molar-refractivity contribution < 1.29 is 24.5 Å². The number of hydrogen-bond donors (Lipinski definition) is 2. The van der Waals surface area contributed by atoms with E-state index >= 15 is 0 Å². The molecule has 1 amide bonds. The molecule has 0 aromatic heterocycles. The predicted octanol–water partition coefficient (Wildman–Crippen LogP) is 3.32. The first-order chi connectivity index (χ1) is 14.0. The lowest BCUT2D eigenvalue weighted by atomic mass is 10.0. The summed E-state index contributed by atoms with van der Waals surface area (Å²) < 4.78 is 5.15. The summed E-state index contributed by atoms with van der Waals surface area (Å²) in [6.45, 7) is 1.24. The van der Waals surface area contributed by atoms with Crippen molar-refractivity contribution in [2.24, 2.45) is 0 Å². The van der Waals surface area contributed by atoms with Gasteiger partial charge in [0.05, 0.1) is 18.8 Å². The predicted molar refractivity (Wildman–Crippen MR) is 111 cm³/mol. The van der Waals surface area contributed by atoms with E-state index in [0.29, 0.717) is 32.4 Å². The van der Waals surface area contributed by atoms with Gasteiger partial charge in [-0.2, -0.15) is 0 Å². The van der Waals surface area contributed by atoms with Crippen molar-refractivity contribution in [2.75, 3.05) is 13.7 Å². The van der Waals surface area contributed by atoms with E-state index in [1.165, 1.54) is 0 Å². The number of amides is 1. The van der Waals surface area contributed by atoms with Crippen molar-refractivity contribution in [3.63, 3.8) is 0 Å². The minimum atomic E-state index is -0.756. The first kappa shape index (κ1) is 23.1. The zero-order valence-corrected chi connectivity index (χ0v) is 17.3. The minimum Gasteiger partial charge on any atom is -0.481 e. The molecule has 0 radical (unpaired) electrons. The number of carbonyl (C=O) groups is 2. The molecule has 0 bridgehead atoms. The molecule has 1 aromatic carbocycles. The van der Waals surface area contributed by atoms with Crippen molar-refractivity contribution in [3.05, 3.63) is 47.5 Å². The average molecular weight is 404 g/mol. The van der Waals surface area contributed by atoms with Crippen LogP contribution >= 0.6 is 0 Å². The van der Waals surface area contributed by atoms with Crippen LogP contribution in [0.4, 0.5) is 0 Å². The smallest absolute Gasteiger partial charge is 0.303 e. The van der Waals surface area contributed by atoms with E-state index < -0.39 is 12.1 Å². The first-order valence-corrected chi connectivity index (χ1v) is 10.4. The molecule has 1 aliphatic rings. The SMILES string of the molecule is COCc1cccc(C[C@H](O)/C=C/[C@@H]2CCC(=O)N2CCCCCCC(=O)O)c1. The van der Waals surface area contributed by atoms with Gasteiger partial charge in [0.1, 0.15) is 0 Å². The van der Waals surface area contributed by atoms with E-state index in [2.05, 4.69) is 0 Å². The van der Waals surface area contributed by atoms with E-state index in [1.807, 2.05) is 35.2 Å². The Morgan fingerprint density at radius 1 is 1.28 bits per heavy atom. The highest BCUT2D eigenvalue weighted by molar-refractivity contribution is 5.79. The Hall–Kier alpha value is -2.18. The number of unbranched alkanes of at least 4 members (excludes halogenated alkanes) is 3. The number of carbonyl (C=O) groups excluding carboxylic acids is 1. The maximum Gasteiger partial charge on any atom is 0.303 e. The fraction of sp³-hybridized carbons (Fsp3) is 0.565. The van der Waals surface area contributed by atoms with Gasteiger partial charge in [-0.3, -0.25) is 9.59 Å². The zero-order chi connectivity index (χ0) is 21.1. The van der Waals surface area contributed by atoms with Gasteiger partial charge >= 0.3 is 5.97 Å². The van der Waals surface area contributed by atoms with Gasteiger partial charge in [-0.25, -0.2) is 0 Å². The molecule has 2 N–H and O–H groups in total. The van der Waals surface area contributed by atoms with Crippen LogP contribution in [0.1, 0.15) is 56.1 Å². The lowest BCUT2D eigenvalue weighted by molar-refractivity contribution is -0.137. The number of ether oxygens (including phenoxy) is 1. The molecule has 1 fully saturated rings. The number of aliphatic hydroxyl groups is 1. The van der Waals surface area contributed by atoms with Crippen molar-refractivity contribution >= 4 is 11.9 Å². The third kappa shape index (κ3) is 8.38. The van der Waals surface area contributed by atoms with Crippen molar-refractivity contribution in [1.29, 1.82) is 0 Å². The molecule has 0 aliphatic carbocycles. The average Bonchev–Trinajstić information content (AvgIpc) is 3.03. The number of benzene rings is 1. The quantitative estimate of drug-likeness (QED) is 0.390. The molecule has 160 valence electrons. The van der Waals surface area contributed by atoms with Crippen LogP contribution in [0.25, 0.3) is 0 Å². The van der Waals surface area contributed by atoms with Crippen LogP contribution in [0.15, 0.2) is 36.4 Å². The third-order valence-electron chi connectivity index (χ3n) is 5.22. The number of rotatable bonds is 13. The Morgan fingerprint density at radius 2 is 2.03 bits per heavy atom. The lowest BCUT2D eigenvalue weighted by Crippen LogP contribution is -2.32. The van der Waals surface area contributed by atoms with Gasteiger partial charge < -0.3 is 19.8 Å². The normalized spacial score (nSPS) is 17.9. The largest absolute Gasteiger partial charge is 0.481 e. The highest BCUT2D eigenvalue weighted by atomic mass is 16.5. The van der Waals surface area contributed by atoms with Gasteiger partial charge in [0.15, 0.2) is 0 Å². The fourth-order valence-corrected chi connectivity index (χ4v) is 3.74. The number of carboxylic acid groups (broad SMARTS) is 1. The van der Waals surface area contributed by atoms with Crippen LogP contribution in [0.3, 0.4) is 0 Å². The number of aliphatic carboxylic acids is 1. The van der Waals surface area contributed by atoms with Gasteiger partial charge in [0.25, 0.3) is 0 Å². The molecule has 0 spiro atoms. The summed E-state index contributed by atoms with van der Waals surface area (Å²) in [7, 11) is 1.66. The molecular formula is C23H33NO5. The number of aliphatic hydroxyl groups excluding tert-OH is 1. The molecule has 2 rings (SSSR count). The van der Waals surface area contributed by atoms with Gasteiger partial charge in [0, 0.05) is 32.9 Å². The summed E-state index contributed by atoms with van der Waals surface area (Å²) >= 11 is 0. The maximum atomic E-state index is 12.2. The monoisotopic (exact) mass is 403 g/mol. The van der Waals surface area contributed by atoms with E-state index in [9.17, 15) is 14.7 Å². The summed E-state index contributed by atoms with van der Waals surface area (Å²) in [5, 5.41) is 19.0. The number of nitrogens with zero attached hydrogens (tertiary/aromatic N) is 1. The molecule has 29 heavy (non-hydrogen) atoms. The van der Waals surface area contributed by atoms with Crippen LogP contribution in [0.2, 0.25) is 0 Å². The second-order valence-corrected chi connectivity index (χ2v) is 7.66. The maximum absolute atomic E-state index is 12.2. The molecule has 0 unspecified atom stereocenters. The standard InChI is InChI=1S/C23H33NO5/c1-29-17-19-8-6-7-18(15-19)16-21(25)12-10-20-11-13-22(26)24(20)14-5-3-2-4-9-23(27)28/h6-8,10,12,15,20-21,25H,2-5,9,11,13-14,16-17H2,1H3,(H,27,28)/b12-10+/t20-,21-/m1/s1. The summed E-state index contributed by atoms with van der Waals surface area (Å²) in [6.07, 6.45) is 8.58. The van der Waals surface area contributed by atoms with E-state index in [0.717, 1.165) is 36.8 Å². The van der Waals surface area contributed by atoms with E-state index in [-0.39, 0.29) is 18.4 Å². The Morgan fingerprint density at radius 3 is 2.79 bits per heavy atom. The van der Waals surface area contributed by atoms with Crippen molar-refractivity contribution in [2.45, 2.75) is 70.1 Å². The van der Waals surface area contributed by atoms with E-state index in [1.54, 1.807) is 13.2 Å². The molecule has 1 saturated heterocycles. The zero-order valence-electron chi connectivity index (χ0n) is 17.3. The fourth-order valence-electron chi connectivity index (χ4n) is 3.74. The molecule has 1 aromatic rings. The molecule has 2 atom stereocenters. The molecular weight excluding hydrogens is 370 g/mol. The summed E-state index contributed by atoms with van der Waals surface area (Å²) in [5.41, 5.74) is 2.13. The second-order valence-electron chi connectivity index (χ2n) is 7.66. The highest BCUT2D eigenvalue weighted by Crippen LogP contribution is 2.21. The van der Waals surface area contributed by atoms with Crippen LogP contribution < -0.4 is 0 Å². The van der Waals surface area contributed by atoms with Gasteiger partial charge in [-0.05, 0) is 30.4 Å². The van der Waals surface area contributed by atoms with Gasteiger partial charge in [-0.1, -0.05) is 49.3 Å². The van der Waals surface area contributed by atoms with Crippen LogP contribution in [0.5, 0.6) is 0 Å². The second kappa shape index (κ2) is 12.4. The van der Waals surface area contributed by atoms with Gasteiger partial charge in [0.2, 0.25) is 5.91 Å². The number of methoxy groups -OCH3 is 1. The Kier molecular flexibility index (Phi) is 9.88. The minimum absolute atomic E-state index is 0.0380. The van der Waals surface area contributed by atoms with Crippen molar-refractivity contribution in [3.8, 4) is 0 Å². The summed E-state index contributed by atoms with van der Waals surface area (Å²) in [5.74, 6) is -0.596. The first-order valence-electron chi connectivity index (χ1n) is 10.4. The number of carboxylic acids is 1. The number of likely N-dealkylation sites (tertiary alicyclic amines) is 1. The Balaban J connectivity index is 1.79. The number of hydrogen-bond acceptors (Lipinski definition) is 4. The van der Waals surface area contributed by atoms with Crippen LogP contribution in [-0.4, -0.2) is 52.8 Å². The molecule has 0 saturated carbocycles. The Bertz CT molecular complexity index is 688. The third-order valence-corrected chi connectivity index (χ3v) is 5.22. The lowest BCUT2D eigenvalue weighted by Gasteiger charge is -2.22. The molecule has 1 heterocycles. The summed E-state index contributed by atoms with van der Waals surface area (Å²) in [6, 6.07) is 8.03. The van der Waals surface area contributed by atoms with Crippen molar-refractivity contribution in [1.82, 2.24) is 4.90 Å². The van der Waals surface area contributed by atoms with E-state index in [4.69, 9.17) is 9.84 Å².